The Morgan fingerprint density at radius 1 is 1.24 bits per heavy atom. The van der Waals surface area contributed by atoms with E-state index in [4.69, 9.17) is 4.74 Å². The molecule has 1 aromatic rings. The highest BCUT2D eigenvalue weighted by Gasteiger charge is 2.12. The van der Waals surface area contributed by atoms with Crippen LogP contribution in [-0.4, -0.2) is 23.8 Å². The van der Waals surface area contributed by atoms with Crippen molar-refractivity contribution in [3.05, 3.63) is 29.3 Å². The van der Waals surface area contributed by atoms with Crippen LogP contribution in [0.2, 0.25) is 0 Å². The summed E-state index contributed by atoms with van der Waals surface area (Å²) in [6, 6.07) is 6.02. The molecule has 0 spiro atoms. The van der Waals surface area contributed by atoms with Crippen LogP contribution in [-0.2, 0) is 4.79 Å². The average Bonchev–Trinajstić information content (AvgIpc) is 2.87. The van der Waals surface area contributed by atoms with Crippen LogP contribution < -0.4 is 4.74 Å². The highest BCUT2D eigenvalue weighted by Crippen LogP contribution is 2.22. The molecule has 0 radical (unpaired) electrons. The topological polar surface area (TPSA) is 51.0 Å². The van der Waals surface area contributed by atoms with Gasteiger partial charge in [0, 0.05) is 25.0 Å². The van der Waals surface area contributed by atoms with Crippen LogP contribution in [0.1, 0.15) is 50.7 Å². The summed E-state index contributed by atoms with van der Waals surface area (Å²) < 4.78 is 5.70. The van der Waals surface area contributed by atoms with Crippen LogP contribution in [0.5, 0.6) is 5.75 Å². The second-order valence-electron chi connectivity index (χ2n) is 5.43. The van der Waals surface area contributed by atoms with E-state index in [2.05, 4.69) is 16.3 Å². The molecular formula is C17H22N2O2. The molecule has 2 rings (SSSR count). The van der Waals surface area contributed by atoms with Crippen LogP contribution in [0.15, 0.2) is 28.4 Å². The second-order valence-corrected chi connectivity index (χ2v) is 5.43. The number of carbonyl (C=O) groups excluding carboxylic acids is 1. The fraction of sp³-hybridized carbons (Fsp3) is 0.471. The number of benzene rings is 1. The average molecular weight is 286 g/mol. The summed E-state index contributed by atoms with van der Waals surface area (Å²) in [5, 5.41) is 8.25. The maximum Gasteiger partial charge on any atom is 0.136 e. The van der Waals surface area contributed by atoms with Crippen LogP contribution in [0, 0.1) is 6.92 Å². The van der Waals surface area contributed by atoms with Gasteiger partial charge in [-0.05, 0) is 49.6 Å². The Morgan fingerprint density at radius 2 is 2.05 bits per heavy atom. The van der Waals surface area contributed by atoms with Gasteiger partial charge in [-0.1, -0.05) is 6.92 Å². The third kappa shape index (κ3) is 4.25. The first-order valence-corrected chi connectivity index (χ1v) is 7.45. The molecule has 0 saturated carbocycles. The number of Topliss-reactive ketones (excluding diaryl/α,β-unsaturated/α-hetero) is 1. The largest absolute Gasteiger partial charge is 0.493 e. The Hall–Kier alpha value is -1.97. The van der Waals surface area contributed by atoms with Gasteiger partial charge in [-0.3, -0.25) is 4.79 Å². The van der Waals surface area contributed by atoms with Gasteiger partial charge in [-0.15, -0.1) is 0 Å². The van der Waals surface area contributed by atoms with Crippen molar-refractivity contribution in [2.45, 2.75) is 46.5 Å². The zero-order valence-corrected chi connectivity index (χ0v) is 13.0. The molecule has 112 valence electrons. The summed E-state index contributed by atoms with van der Waals surface area (Å²) in [7, 11) is 0. The third-order valence-corrected chi connectivity index (χ3v) is 3.44. The van der Waals surface area contributed by atoms with Gasteiger partial charge in [0.05, 0.1) is 12.3 Å². The maximum atomic E-state index is 11.5. The molecule has 1 aliphatic heterocycles. The molecule has 4 nitrogen and oxygen atoms in total. The third-order valence-electron chi connectivity index (χ3n) is 3.44. The molecule has 0 bridgehead atoms. The molecule has 0 saturated heterocycles. The minimum absolute atomic E-state index is 0.264. The highest BCUT2D eigenvalue weighted by molar-refractivity contribution is 6.14. The number of hydrogen-bond donors (Lipinski definition) is 0. The molecule has 4 heteroatoms. The number of rotatable bonds is 7. The van der Waals surface area contributed by atoms with Crippen LogP contribution in [0.25, 0.3) is 0 Å². The highest BCUT2D eigenvalue weighted by atomic mass is 16.5. The van der Waals surface area contributed by atoms with Gasteiger partial charge >= 0.3 is 0 Å². The number of ketones is 1. The number of carbonyl (C=O) groups is 1. The minimum atomic E-state index is 0.264. The first-order valence-electron chi connectivity index (χ1n) is 7.45. The van der Waals surface area contributed by atoms with Gasteiger partial charge < -0.3 is 4.74 Å². The van der Waals surface area contributed by atoms with Crippen molar-refractivity contribution < 1.29 is 9.53 Å². The molecule has 0 amide bonds. The quantitative estimate of drug-likeness (QED) is 0.767. The molecule has 0 unspecified atom stereocenters. The molecular weight excluding hydrogens is 264 g/mol. The predicted molar refractivity (Wildman–Crippen MR) is 85.5 cm³/mol. The van der Waals surface area contributed by atoms with Crippen molar-refractivity contribution in [2.75, 3.05) is 6.61 Å². The number of ether oxygens (including phenoxy) is 1. The molecule has 0 atom stereocenters. The normalized spacial score (nSPS) is 13.9. The number of hydrogen-bond acceptors (Lipinski definition) is 4. The molecule has 1 heterocycles. The van der Waals surface area contributed by atoms with E-state index >= 15 is 0 Å². The lowest BCUT2D eigenvalue weighted by Crippen LogP contribution is -2.07. The maximum absolute atomic E-state index is 11.5. The van der Waals surface area contributed by atoms with Gasteiger partial charge in [0.2, 0.25) is 0 Å². The Labute approximate surface area is 125 Å². The van der Waals surface area contributed by atoms with E-state index in [1.165, 1.54) is 0 Å². The molecule has 0 fully saturated rings. The Bertz CT molecular complexity index is 588. The van der Waals surface area contributed by atoms with E-state index in [0.717, 1.165) is 41.1 Å². The van der Waals surface area contributed by atoms with Crippen molar-refractivity contribution in [1.82, 2.24) is 0 Å². The monoisotopic (exact) mass is 286 g/mol. The summed E-state index contributed by atoms with van der Waals surface area (Å²) in [6.07, 6.45) is 2.83. The van der Waals surface area contributed by atoms with E-state index in [1.807, 2.05) is 32.9 Å². The van der Waals surface area contributed by atoms with Gasteiger partial charge in [0.1, 0.15) is 11.5 Å². The Balaban J connectivity index is 1.92. The van der Waals surface area contributed by atoms with Crippen molar-refractivity contribution in [3.63, 3.8) is 0 Å². The second kappa shape index (κ2) is 7.16. The van der Waals surface area contributed by atoms with Gasteiger partial charge in [0.25, 0.3) is 0 Å². The Kier molecular flexibility index (Phi) is 5.26. The van der Waals surface area contributed by atoms with Gasteiger partial charge in [-0.25, -0.2) is 0 Å². The van der Waals surface area contributed by atoms with Crippen molar-refractivity contribution in [1.29, 1.82) is 0 Å². The first kappa shape index (κ1) is 15.4. The lowest BCUT2D eigenvalue weighted by atomic mass is 10.0. The van der Waals surface area contributed by atoms with E-state index in [-0.39, 0.29) is 5.78 Å². The van der Waals surface area contributed by atoms with Crippen LogP contribution >= 0.6 is 0 Å². The first-order chi connectivity index (χ1) is 10.1. The Morgan fingerprint density at radius 3 is 2.67 bits per heavy atom. The van der Waals surface area contributed by atoms with E-state index < -0.39 is 0 Å². The lowest BCUT2D eigenvalue weighted by molar-refractivity contribution is -0.119. The summed E-state index contributed by atoms with van der Waals surface area (Å²) in [6.45, 7) is 6.45. The number of nitrogens with zero attached hydrogens (tertiary/aromatic N) is 2. The minimum Gasteiger partial charge on any atom is -0.493 e. The molecule has 0 aromatic heterocycles. The zero-order chi connectivity index (χ0) is 15.2. The summed E-state index contributed by atoms with van der Waals surface area (Å²) in [4.78, 5) is 11.5. The summed E-state index contributed by atoms with van der Waals surface area (Å²) in [5.41, 5.74) is 4.18. The lowest BCUT2D eigenvalue weighted by Gasteiger charge is -2.10. The smallest absolute Gasteiger partial charge is 0.136 e. The standard InChI is InChI=1S/C17H22N2O2/c1-4-5-15(20)8-9-21-17-7-6-14(10-12(17)2)16-11-13(3)18-19-16/h6-7,10H,4-5,8-9,11H2,1-3H3. The molecule has 0 aliphatic carbocycles. The van der Waals surface area contributed by atoms with Crippen LogP contribution in [0.3, 0.4) is 0 Å². The van der Waals surface area contributed by atoms with Crippen LogP contribution in [0.4, 0.5) is 0 Å². The summed E-state index contributed by atoms with van der Waals surface area (Å²) in [5.74, 6) is 1.10. The van der Waals surface area contributed by atoms with Crippen molar-refractivity contribution >= 4 is 17.2 Å². The summed E-state index contributed by atoms with van der Waals surface area (Å²) >= 11 is 0. The van der Waals surface area contributed by atoms with Crippen molar-refractivity contribution in [3.8, 4) is 5.75 Å². The SMILES string of the molecule is CCCC(=O)CCOc1ccc(C2=NN=C(C)C2)cc1C. The zero-order valence-electron chi connectivity index (χ0n) is 13.0. The molecule has 1 aromatic carbocycles. The van der Waals surface area contributed by atoms with E-state index in [0.29, 0.717) is 19.4 Å². The molecule has 21 heavy (non-hydrogen) atoms. The molecule has 1 aliphatic rings. The fourth-order valence-corrected chi connectivity index (χ4v) is 2.29. The van der Waals surface area contributed by atoms with E-state index in [9.17, 15) is 4.79 Å². The van der Waals surface area contributed by atoms with Gasteiger partial charge in [-0.2, -0.15) is 10.2 Å². The molecule has 0 N–H and O–H groups in total. The van der Waals surface area contributed by atoms with E-state index in [1.54, 1.807) is 0 Å². The fourth-order valence-electron chi connectivity index (χ4n) is 2.29. The predicted octanol–water partition coefficient (Wildman–Crippen LogP) is 3.70. The van der Waals surface area contributed by atoms with Crippen molar-refractivity contribution in [2.24, 2.45) is 10.2 Å². The number of aryl methyl sites for hydroxylation is 1. The van der Waals surface area contributed by atoms with Gasteiger partial charge in [0.15, 0.2) is 0 Å².